The summed E-state index contributed by atoms with van der Waals surface area (Å²) in [6, 6.07) is 13.6. The molecule has 156 valence electrons. The zero-order chi connectivity index (χ0) is 22.2. The largest absolute Gasteiger partial charge is 0.497 e. The van der Waals surface area contributed by atoms with E-state index in [4.69, 9.17) is 19.9 Å². The number of amides is 1. The molecule has 0 spiro atoms. The molecule has 0 saturated carbocycles. The maximum absolute atomic E-state index is 11.5. The molecule has 1 aromatic heterocycles. The molecule has 0 saturated heterocycles. The average Bonchev–Trinajstić information content (AvgIpc) is 2.77. The number of ether oxygens (including phenoxy) is 3. The molecule has 1 amide bonds. The minimum atomic E-state index is -0.330. The normalized spacial score (nSPS) is 9.74. The summed E-state index contributed by atoms with van der Waals surface area (Å²) in [6.07, 6.45) is 1.18. The number of anilines is 2. The summed E-state index contributed by atoms with van der Waals surface area (Å²) in [5.41, 5.74) is 7.48. The molecule has 31 heavy (non-hydrogen) atoms. The van der Waals surface area contributed by atoms with Crippen LogP contribution in [0.5, 0.6) is 23.3 Å². The molecule has 3 aromatic rings. The second-order valence-electron chi connectivity index (χ2n) is 6.14. The van der Waals surface area contributed by atoms with Gasteiger partial charge >= 0.3 is 6.01 Å². The van der Waals surface area contributed by atoms with Crippen LogP contribution < -0.4 is 25.3 Å². The van der Waals surface area contributed by atoms with Crippen molar-refractivity contribution in [1.29, 1.82) is 0 Å². The van der Waals surface area contributed by atoms with Crippen molar-refractivity contribution in [3.63, 3.8) is 0 Å². The number of nitrogens with two attached hydrogens (primary N) is 1. The van der Waals surface area contributed by atoms with Gasteiger partial charge in [-0.15, -0.1) is 0 Å². The quantitative estimate of drug-likeness (QED) is 0.468. The highest BCUT2D eigenvalue weighted by molar-refractivity contribution is 5.98. The van der Waals surface area contributed by atoms with Crippen LogP contribution in [-0.4, -0.2) is 30.1 Å². The summed E-state index contributed by atoms with van der Waals surface area (Å²) < 4.78 is 16.2. The maximum Gasteiger partial charge on any atom is 0.325 e. The number of rotatable bonds is 6. The highest BCUT2D eigenvalue weighted by Gasteiger charge is 2.06. The van der Waals surface area contributed by atoms with Gasteiger partial charge in [0, 0.05) is 29.4 Å². The molecule has 8 heteroatoms. The van der Waals surface area contributed by atoms with Crippen molar-refractivity contribution >= 4 is 17.4 Å². The molecule has 0 aliphatic carbocycles. The molecular formula is C23H20N4O4. The molecule has 0 unspecified atom stereocenters. The number of hydrogen-bond donors (Lipinski definition) is 2. The Balaban J connectivity index is 1.84. The van der Waals surface area contributed by atoms with E-state index in [1.165, 1.54) is 12.1 Å². The van der Waals surface area contributed by atoms with Gasteiger partial charge < -0.3 is 25.3 Å². The van der Waals surface area contributed by atoms with Crippen LogP contribution in [0.25, 0.3) is 0 Å². The molecule has 0 bridgehead atoms. The van der Waals surface area contributed by atoms with Crippen molar-refractivity contribution < 1.29 is 19.0 Å². The van der Waals surface area contributed by atoms with E-state index in [0.29, 0.717) is 34.2 Å². The van der Waals surface area contributed by atoms with Gasteiger partial charge in [-0.25, -0.2) is 0 Å². The minimum absolute atomic E-state index is 0.0275. The number of carbonyl (C=O) groups is 1. The maximum atomic E-state index is 11.5. The number of hydrogen-bond acceptors (Lipinski definition) is 7. The van der Waals surface area contributed by atoms with Crippen LogP contribution in [0.15, 0.2) is 61.2 Å². The molecular weight excluding hydrogens is 396 g/mol. The molecule has 1 heterocycles. The van der Waals surface area contributed by atoms with Crippen LogP contribution >= 0.6 is 0 Å². The Hall–Kier alpha value is -4.51. The first kappa shape index (κ1) is 21.2. The second-order valence-corrected chi connectivity index (χ2v) is 6.14. The van der Waals surface area contributed by atoms with Gasteiger partial charge in [-0.2, -0.15) is 9.97 Å². The number of benzene rings is 2. The van der Waals surface area contributed by atoms with Gasteiger partial charge in [0.15, 0.2) is 0 Å². The summed E-state index contributed by atoms with van der Waals surface area (Å²) in [5.74, 6) is 7.47. The van der Waals surface area contributed by atoms with Crippen LogP contribution in [0, 0.1) is 11.8 Å². The van der Waals surface area contributed by atoms with Crippen molar-refractivity contribution in [3.05, 3.63) is 72.4 Å². The van der Waals surface area contributed by atoms with E-state index < -0.39 is 0 Å². The lowest BCUT2D eigenvalue weighted by atomic mass is 10.2. The van der Waals surface area contributed by atoms with Crippen LogP contribution in [-0.2, 0) is 4.79 Å². The van der Waals surface area contributed by atoms with Gasteiger partial charge in [0.05, 0.1) is 14.2 Å². The Morgan fingerprint density at radius 2 is 1.77 bits per heavy atom. The zero-order valence-electron chi connectivity index (χ0n) is 17.0. The fraction of sp³-hybridized carbons (Fsp3) is 0.0870. The smallest absolute Gasteiger partial charge is 0.325 e. The Morgan fingerprint density at radius 3 is 2.45 bits per heavy atom. The van der Waals surface area contributed by atoms with Crippen LogP contribution in [0.4, 0.5) is 11.5 Å². The zero-order valence-corrected chi connectivity index (χ0v) is 17.0. The van der Waals surface area contributed by atoms with Crippen molar-refractivity contribution in [2.45, 2.75) is 0 Å². The Bertz CT molecular complexity index is 1160. The number of aromatic nitrogens is 2. The van der Waals surface area contributed by atoms with Crippen LogP contribution in [0.1, 0.15) is 11.3 Å². The number of carbonyl (C=O) groups excluding carboxylic acids is 1. The van der Waals surface area contributed by atoms with E-state index in [1.807, 2.05) is 0 Å². The Morgan fingerprint density at radius 1 is 1.03 bits per heavy atom. The SMILES string of the molecule is C=CC(=O)Nc1cccc(Oc2nc(N)cc(C#Cc3cc(OC)cc(OC)c3)n2)c1. The number of methoxy groups -OCH3 is 2. The van der Waals surface area contributed by atoms with E-state index >= 15 is 0 Å². The first-order valence-corrected chi connectivity index (χ1v) is 9.10. The van der Waals surface area contributed by atoms with E-state index in [0.717, 1.165) is 0 Å². The molecule has 2 aromatic carbocycles. The molecule has 0 fully saturated rings. The van der Waals surface area contributed by atoms with Crippen molar-refractivity contribution in [2.75, 3.05) is 25.3 Å². The summed E-state index contributed by atoms with van der Waals surface area (Å²) in [7, 11) is 3.14. The lowest BCUT2D eigenvalue weighted by molar-refractivity contribution is -0.111. The highest BCUT2D eigenvalue weighted by Crippen LogP contribution is 2.23. The minimum Gasteiger partial charge on any atom is -0.497 e. The third-order valence-corrected chi connectivity index (χ3v) is 3.91. The van der Waals surface area contributed by atoms with Crippen molar-refractivity contribution in [1.82, 2.24) is 9.97 Å². The molecule has 3 rings (SSSR count). The number of nitrogens with zero attached hydrogens (tertiary/aromatic N) is 2. The van der Waals surface area contributed by atoms with Crippen LogP contribution in [0.2, 0.25) is 0 Å². The van der Waals surface area contributed by atoms with E-state index in [1.54, 1.807) is 56.7 Å². The Labute approximate surface area is 179 Å². The molecule has 0 atom stereocenters. The van der Waals surface area contributed by atoms with E-state index in [2.05, 4.69) is 33.7 Å². The van der Waals surface area contributed by atoms with Crippen molar-refractivity contribution in [3.8, 4) is 35.1 Å². The predicted molar refractivity (Wildman–Crippen MR) is 117 cm³/mol. The first-order chi connectivity index (χ1) is 15.0. The van der Waals surface area contributed by atoms with E-state index in [-0.39, 0.29) is 17.7 Å². The lowest BCUT2D eigenvalue weighted by Crippen LogP contribution is -2.07. The fourth-order valence-electron chi connectivity index (χ4n) is 2.50. The molecule has 0 aliphatic heterocycles. The monoisotopic (exact) mass is 416 g/mol. The molecule has 0 aliphatic rings. The third-order valence-electron chi connectivity index (χ3n) is 3.91. The first-order valence-electron chi connectivity index (χ1n) is 9.10. The lowest BCUT2D eigenvalue weighted by Gasteiger charge is -2.07. The molecule has 3 N–H and O–H groups in total. The molecule has 0 radical (unpaired) electrons. The average molecular weight is 416 g/mol. The summed E-state index contributed by atoms with van der Waals surface area (Å²) >= 11 is 0. The standard InChI is InChI=1S/C23H20N4O4/c1-4-22(28)25-16-6-5-7-18(12-16)31-23-26-17(13-21(24)27-23)9-8-15-10-19(29-2)14-20(11-15)30-3/h4-7,10-14H,1H2,2-3H3,(H,25,28)(H2,24,26,27). The Kier molecular flexibility index (Phi) is 6.71. The summed E-state index contributed by atoms with van der Waals surface area (Å²) in [5, 5.41) is 2.65. The highest BCUT2D eigenvalue weighted by atomic mass is 16.5. The van der Waals surface area contributed by atoms with E-state index in [9.17, 15) is 4.79 Å². The molecule has 8 nitrogen and oxygen atoms in total. The van der Waals surface area contributed by atoms with Gasteiger partial charge in [0.1, 0.15) is 28.8 Å². The van der Waals surface area contributed by atoms with Crippen LogP contribution in [0.3, 0.4) is 0 Å². The fourth-order valence-corrected chi connectivity index (χ4v) is 2.50. The van der Waals surface area contributed by atoms with Gasteiger partial charge in [-0.05, 0) is 36.3 Å². The second kappa shape index (κ2) is 9.80. The van der Waals surface area contributed by atoms with Gasteiger partial charge in [-0.3, -0.25) is 4.79 Å². The summed E-state index contributed by atoms with van der Waals surface area (Å²) in [6.45, 7) is 3.42. The number of nitrogens with one attached hydrogen (secondary N) is 1. The number of nitrogen functional groups attached to an aromatic ring is 1. The van der Waals surface area contributed by atoms with Gasteiger partial charge in [0.25, 0.3) is 0 Å². The van der Waals surface area contributed by atoms with Gasteiger partial charge in [0.2, 0.25) is 5.91 Å². The van der Waals surface area contributed by atoms with Gasteiger partial charge in [-0.1, -0.05) is 18.6 Å². The predicted octanol–water partition coefficient (Wildman–Crippen LogP) is 3.39. The van der Waals surface area contributed by atoms with Crippen molar-refractivity contribution in [2.24, 2.45) is 0 Å². The summed E-state index contributed by atoms with van der Waals surface area (Å²) in [4.78, 5) is 19.8. The topological polar surface area (TPSA) is 109 Å². The third kappa shape index (κ3) is 5.98.